The number of hydrogen-bond acceptors (Lipinski definition) is 4. The number of ether oxygens (including phenoxy) is 1. The van der Waals surface area contributed by atoms with Gasteiger partial charge in [0, 0.05) is 36.6 Å². The molecular weight excluding hydrogens is 423 g/mol. The van der Waals surface area contributed by atoms with E-state index >= 15 is 0 Å². The summed E-state index contributed by atoms with van der Waals surface area (Å²) in [5, 5.41) is 7.03. The normalized spacial score (nSPS) is 10.9. The van der Waals surface area contributed by atoms with Gasteiger partial charge in [-0.25, -0.2) is 8.91 Å². The molecule has 0 aliphatic carbocycles. The first-order valence-electron chi connectivity index (χ1n) is 9.43. The third kappa shape index (κ3) is 4.29. The number of carbonyl (C=O) groups excluding carboxylic acids is 1. The van der Waals surface area contributed by atoms with Crippen molar-refractivity contribution in [2.45, 2.75) is 6.54 Å². The molecule has 1 N–H and O–H groups in total. The van der Waals surface area contributed by atoms with E-state index in [9.17, 15) is 14.0 Å². The Balaban J connectivity index is 1.49. The van der Waals surface area contributed by atoms with Gasteiger partial charge < -0.3 is 14.6 Å². The van der Waals surface area contributed by atoms with E-state index in [4.69, 9.17) is 16.3 Å². The van der Waals surface area contributed by atoms with Crippen LogP contribution in [0.25, 0.3) is 16.8 Å². The number of amides is 1. The number of carbonyl (C=O) groups is 1. The highest BCUT2D eigenvalue weighted by molar-refractivity contribution is 6.31. The van der Waals surface area contributed by atoms with Gasteiger partial charge >= 0.3 is 0 Å². The molecule has 158 valence electrons. The van der Waals surface area contributed by atoms with Gasteiger partial charge in [0.05, 0.1) is 17.8 Å². The van der Waals surface area contributed by atoms with Crippen molar-refractivity contribution in [1.82, 2.24) is 19.5 Å². The molecule has 0 saturated heterocycles. The molecule has 4 rings (SSSR count). The zero-order valence-electron chi connectivity index (χ0n) is 16.5. The largest absolute Gasteiger partial charge is 0.497 e. The molecule has 31 heavy (non-hydrogen) atoms. The molecule has 0 saturated carbocycles. The summed E-state index contributed by atoms with van der Waals surface area (Å²) in [5.74, 6) is -0.293. The summed E-state index contributed by atoms with van der Waals surface area (Å²) in [4.78, 5) is 25.0. The Labute approximate surface area is 181 Å². The zero-order chi connectivity index (χ0) is 22.0. The number of halogens is 2. The van der Waals surface area contributed by atoms with Gasteiger partial charge in [-0.3, -0.25) is 9.59 Å². The standard InChI is InChI=1S/C22H18ClFN4O3/c1-31-16-4-2-3-14(11-16)19-13-20-22(30)27(9-10-28(20)26-19)8-7-25-21(29)15-5-6-18(24)17(23)12-15/h2-6,9-13H,7-8H2,1H3,(H,25,29). The van der Waals surface area contributed by atoms with Crippen LogP contribution in [0.2, 0.25) is 5.02 Å². The highest BCUT2D eigenvalue weighted by Crippen LogP contribution is 2.23. The molecule has 2 aromatic carbocycles. The third-order valence-corrected chi connectivity index (χ3v) is 5.08. The van der Waals surface area contributed by atoms with Crippen molar-refractivity contribution < 1.29 is 13.9 Å². The summed E-state index contributed by atoms with van der Waals surface area (Å²) >= 11 is 5.71. The summed E-state index contributed by atoms with van der Waals surface area (Å²) in [6, 6.07) is 12.9. The van der Waals surface area contributed by atoms with Crippen LogP contribution in [0.5, 0.6) is 5.75 Å². The van der Waals surface area contributed by atoms with Gasteiger partial charge in [-0.15, -0.1) is 0 Å². The van der Waals surface area contributed by atoms with E-state index in [0.29, 0.717) is 17.0 Å². The lowest BCUT2D eigenvalue weighted by Gasteiger charge is -2.08. The molecular formula is C22H18ClFN4O3. The van der Waals surface area contributed by atoms with Gasteiger partial charge in [-0.05, 0) is 36.4 Å². The van der Waals surface area contributed by atoms with Gasteiger partial charge in [-0.1, -0.05) is 23.7 Å². The van der Waals surface area contributed by atoms with Crippen molar-refractivity contribution in [2.24, 2.45) is 0 Å². The summed E-state index contributed by atoms with van der Waals surface area (Å²) in [6.07, 6.45) is 3.29. The molecule has 2 heterocycles. The Morgan fingerprint density at radius 2 is 2.03 bits per heavy atom. The van der Waals surface area contributed by atoms with E-state index < -0.39 is 11.7 Å². The Morgan fingerprint density at radius 3 is 2.81 bits per heavy atom. The lowest BCUT2D eigenvalue weighted by atomic mass is 10.1. The SMILES string of the molecule is COc1cccc(-c2cc3c(=O)n(CCNC(=O)c4ccc(F)c(Cl)c4)ccn3n2)c1. The summed E-state index contributed by atoms with van der Waals surface area (Å²) in [7, 11) is 1.59. The zero-order valence-corrected chi connectivity index (χ0v) is 17.3. The predicted octanol–water partition coefficient (Wildman–Crippen LogP) is 3.39. The second-order valence-electron chi connectivity index (χ2n) is 6.77. The van der Waals surface area contributed by atoms with Crippen molar-refractivity contribution in [3.63, 3.8) is 0 Å². The summed E-state index contributed by atoms with van der Waals surface area (Å²) in [6.45, 7) is 0.469. The van der Waals surface area contributed by atoms with Crippen molar-refractivity contribution in [2.75, 3.05) is 13.7 Å². The third-order valence-electron chi connectivity index (χ3n) is 4.79. The van der Waals surface area contributed by atoms with E-state index in [1.54, 1.807) is 25.6 Å². The van der Waals surface area contributed by atoms with E-state index in [1.165, 1.54) is 21.2 Å². The number of nitrogens with zero attached hydrogens (tertiary/aromatic N) is 3. The van der Waals surface area contributed by atoms with Crippen LogP contribution in [0, 0.1) is 5.82 Å². The Bertz CT molecular complexity index is 1330. The van der Waals surface area contributed by atoms with Crippen molar-refractivity contribution >= 4 is 23.0 Å². The fourth-order valence-corrected chi connectivity index (χ4v) is 3.34. The maximum atomic E-state index is 13.2. The maximum absolute atomic E-state index is 13.2. The second kappa shape index (κ2) is 8.61. The maximum Gasteiger partial charge on any atom is 0.276 e. The molecule has 1 amide bonds. The Kier molecular flexibility index (Phi) is 5.73. The number of hydrogen-bond donors (Lipinski definition) is 1. The van der Waals surface area contributed by atoms with Crippen LogP contribution in [-0.2, 0) is 6.54 Å². The van der Waals surface area contributed by atoms with Gasteiger partial charge in [0.25, 0.3) is 11.5 Å². The topological polar surface area (TPSA) is 77.6 Å². The minimum absolute atomic E-state index is 0.123. The molecule has 0 spiro atoms. The number of fused-ring (bicyclic) bond motifs is 1. The number of aromatic nitrogens is 3. The monoisotopic (exact) mass is 440 g/mol. The minimum Gasteiger partial charge on any atom is -0.497 e. The van der Waals surface area contributed by atoms with Crippen LogP contribution in [0.4, 0.5) is 4.39 Å². The van der Waals surface area contributed by atoms with Gasteiger partial charge in [0.2, 0.25) is 0 Å². The molecule has 0 bridgehead atoms. The second-order valence-corrected chi connectivity index (χ2v) is 7.18. The van der Waals surface area contributed by atoms with E-state index in [1.807, 2.05) is 24.3 Å². The fraction of sp³-hybridized carbons (Fsp3) is 0.136. The minimum atomic E-state index is -0.591. The Morgan fingerprint density at radius 1 is 1.19 bits per heavy atom. The molecule has 4 aromatic rings. The average Bonchev–Trinajstić information content (AvgIpc) is 3.22. The van der Waals surface area contributed by atoms with Crippen LogP contribution in [0.3, 0.4) is 0 Å². The molecule has 0 aliphatic rings. The van der Waals surface area contributed by atoms with E-state index in [-0.39, 0.29) is 29.2 Å². The molecule has 0 unspecified atom stereocenters. The molecule has 9 heteroatoms. The average molecular weight is 441 g/mol. The number of benzene rings is 2. The first-order valence-corrected chi connectivity index (χ1v) is 9.80. The van der Waals surface area contributed by atoms with Crippen LogP contribution in [0.1, 0.15) is 10.4 Å². The Hall–Kier alpha value is -3.65. The van der Waals surface area contributed by atoms with Crippen LogP contribution >= 0.6 is 11.6 Å². The first-order chi connectivity index (χ1) is 15.0. The highest BCUT2D eigenvalue weighted by atomic mass is 35.5. The van der Waals surface area contributed by atoms with E-state index in [2.05, 4.69) is 10.4 Å². The molecule has 0 atom stereocenters. The van der Waals surface area contributed by atoms with Gasteiger partial charge in [0.1, 0.15) is 17.1 Å². The lowest BCUT2D eigenvalue weighted by Crippen LogP contribution is -2.31. The van der Waals surface area contributed by atoms with Crippen molar-refractivity contribution in [3.05, 3.63) is 87.7 Å². The number of rotatable bonds is 6. The van der Waals surface area contributed by atoms with Crippen LogP contribution in [0.15, 0.2) is 65.7 Å². The molecule has 0 radical (unpaired) electrons. The lowest BCUT2D eigenvalue weighted by molar-refractivity contribution is 0.0952. The van der Waals surface area contributed by atoms with Crippen LogP contribution < -0.4 is 15.6 Å². The van der Waals surface area contributed by atoms with Crippen molar-refractivity contribution in [1.29, 1.82) is 0 Å². The van der Waals surface area contributed by atoms with Gasteiger partial charge in [0.15, 0.2) is 0 Å². The quantitative estimate of drug-likeness (QED) is 0.498. The number of methoxy groups -OCH3 is 1. The highest BCUT2D eigenvalue weighted by Gasteiger charge is 2.11. The van der Waals surface area contributed by atoms with Crippen molar-refractivity contribution in [3.8, 4) is 17.0 Å². The molecule has 0 fully saturated rings. The fourth-order valence-electron chi connectivity index (χ4n) is 3.16. The van der Waals surface area contributed by atoms with E-state index in [0.717, 1.165) is 11.6 Å². The smallest absolute Gasteiger partial charge is 0.276 e. The summed E-state index contributed by atoms with van der Waals surface area (Å²) in [5.41, 5.74) is 1.91. The molecule has 0 aliphatic heterocycles. The van der Waals surface area contributed by atoms with Crippen LogP contribution in [-0.4, -0.2) is 33.7 Å². The predicted molar refractivity (Wildman–Crippen MR) is 115 cm³/mol. The summed E-state index contributed by atoms with van der Waals surface area (Å²) < 4.78 is 21.5. The first kappa shape index (κ1) is 20.6. The van der Waals surface area contributed by atoms with Gasteiger partial charge in [-0.2, -0.15) is 5.10 Å². The molecule has 2 aromatic heterocycles. The number of nitrogens with one attached hydrogen (secondary N) is 1. The molecule has 7 nitrogen and oxygen atoms in total.